The van der Waals surface area contributed by atoms with Gasteiger partial charge in [-0.2, -0.15) is 0 Å². The molecule has 0 aliphatic rings. The molecule has 2 aromatic rings. The number of carbonyl (C=O) groups is 1. The topological polar surface area (TPSA) is 51.2 Å². The van der Waals surface area contributed by atoms with Crippen LogP contribution in [0.3, 0.4) is 0 Å². The monoisotopic (exact) mass is 320 g/mol. The van der Waals surface area contributed by atoms with E-state index in [1.165, 1.54) is 6.20 Å². The lowest BCUT2D eigenvalue weighted by atomic mass is 10.2. The van der Waals surface area contributed by atoms with E-state index in [2.05, 4.69) is 26.2 Å². The number of rotatable bonds is 4. The number of methoxy groups -OCH3 is 1. The SMILES string of the molecule is COc1ccccc1CNC(=O)c1cncc(Br)c1. The van der Waals surface area contributed by atoms with Crippen LogP contribution in [0.4, 0.5) is 0 Å². The summed E-state index contributed by atoms with van der Waals surface area (Å²) in [6.45, 7) is 0.412. The molecule has 0 bridgehead atoms. The minimum Gasteiger partial charge on any atom is -0.496 e. The molecule has 0 unspecified atom stereocenters. The summed E-state index contributed by atoms with van der Waals surface area (Å²) in [5, 5.41) is 2.84. The van der Waals surface area contributed by atoms with Crippen LogP contribution in [-0.2, 0) is 6.54 Å². The van der Waals surface area contributed by atoms with E-state index in [-0.39, 0.29) is 5.91 Å². The summed E-state index contributed by atoms with van der Waals surface area (Å²) < 4.78 is 6.01. The van der Waals surface area contributed by atoms with E-state index >= 15 is 0 Å². The fourth-order valence-corrected chi connectivity index (χ4v) is 2.03. The molecule has 0 saturated heterocycles. The number of aromatic nitrogens is 1. The molecule has 0 atom stereocenters. The first kappa shape index (κ1) is 13.5. The molecule has 1 N–H and O–H groups in total. The first-order valence-electron chi connectivity index (χ1n) is 5.71. The number of pyridine rings is 1. The number of amides is 1. The quantitative estimate of drug-likeness (QED) is 0.942. The third-order valence-corrected chi connectivity index (χ3v) is 3.03. The summed E-state index contributed by atoms with van der Waals surface area (Å²) in [6.07, 6.45) is 3.17. The zero-order valence-electron chi connectivity index (χ0n) is 10.4. The molecule has 0 saturated carbocycles. The van der Waals surface area contributed by atoms with Gasteiger partial charge >= 0.3 is 0 Å². The van der Waals surface area contributed by atoms with Gasteiger partial charge in [-0.05, 0) is 28.1 Å². The van der Waals surface area contributed by atoms with Gasteiger partial charge in [0.2, 0.25) is 0 Å². The van der Waals surface area contributed by atoms with Gasteiger partial charge in [-0.15, -0.1) is 0 Å². The summed E-state index contributed by atoms with van der Waals surface area (Å²) in [5.74, 6) is 0.592. The fourth-order valence-electron chi connectivity index (χ4n) is 1.66. The molecule has 1 aromatic heterocycles. The van der Waals surface area contributed by atoms with Crippen molar-refractivity contribution in [2.45, 2.75) is 6.54 Å². The number of hydrogen-bond acceptors (Lipinski definition) is 3. The van der Waals surface area contributed by atoms with E-state index in [1.807, 2.05) is 24.3 Å². The summed E-state index contributed by atoms with van der Waals surface area (Å²) in [6, 6.07) is 9.30. The molecule has 5 heteroatoms. The Morgan fingerprint density at radius 2 is 2.16 bits per heavy atom. The van der Waals surface area contributed by atoms with E-state index in [9.17, 15) is 4.79 Å². The van der Waals surface area contributed by atoms with Crippen molar-refractivity contribution in [1.29, 1.82) is 0 Å². The van der Waals surface area contributed by atoms with Gasteiger partial charge in [0.05, 0.1) is 12.7 Å². The number of hydrogen-bond donors (Lipinski definition) is 1. The Morgan fingerprint density at radius 3 is 2.89 bits per heavy atom. The van der Waals surface area contributed by atoms with Crippen LogP contribution in [0.5, 0.6) is 5.75 Å². The standard InChI is InChI=1S/C14H13BrN2O2/c1-19-13-5-3-2-4-10(13)8-17-14(18)11-6-12(15)9-16-7-11/h2-7,9H,8H2,1H3,(H,17,18). The number of ether oxygens (including phenoxy) is 1. The molecule has 4 nitrogen and oxygen atoms in total. The van der Waals surface area contributed by atoms with Crippen molar-refractivity contribution in [1.82, 2.24) is 10.3 Å². The third-order valence-electron chi connectivity index (χ3n) is 2.60. The second kappa shape index (κ2) is 6.33. The molecule has 0 fully saturated rings. The smallest absolute Gasteiger partial charge is 0.253 e. The number of benzene rings is 1. The van der Waals surface area contributed by atoms with Crippen molar-refractivity contribution in [3.8, 4) is 5.75 Å². The van der Waals surface area contributed by atoms with Gasteiger partial charge in [0.15, 0.2) is 0 Å². The largest absolute Gasteiger partial charge is 0.496 e. The van der Waals surface area contributed by atoms with Crippen molar-refractivity contribution >= 4 is 21.8 Å². The molecule has 1 heterocycles. The number of nitrogens with zero attached hydrogens (tertiary/aromatic N) is 1. The predicted molar refractivity (Wildman–Crippen MR) is 76.1 cm³/mol. The second-order valence-electron chi connectivity index (χ2n) is 3.89. The maximum Gasteiger partial charge on any atom is 0.253 e. The zero-order chi connectivity index (χ0) is 13.7. The molecule has 1 aromatic carbocycles. The summed E-state index contributed by atoms with van der Waals surface area (Å²) in [7, 11) is 1.61. The Morgan fingerprint density at radius 1 is 1.37 bits per heavy atom. The summed E-state index contributed by atoms with van der Waals surface area (Å²) in [4.78, 5) is 15.9. The highest BCUT2D eigenvalue weighted by molar-refractivity contribution is 9.10. The maximum atomic E-state index is 12.0. The van der Waals surface area contributed by atoms with Crippen molar-refractivity contribution in [3.05, 3.63) is 58.3 Å². The minimum absolute atomic E-state index is 0.167. The van der Waals surface area contributed by atoms with Crippen LogP contribution in [0.1, 0.15) is 15.9 Å². The average Bonchev–Trinajstić information content (AvgIpc) is 2.45. The van der Waals surface area contributed by atoms with Crippen LogP contribution in [-0.4, -0.2) is 18.0 Å². The van der Waals surface area contributed by atoms with E-state index in [0.29, 0.717) is 12.1 Å². The fraction of sp³-hybridized carbons (Fsp3) is 0.143. The van der Waals surface area contributed by atoms with Crippen LogP contribution in [0.25, 0.3) is 0 Å². The first-order valence-corrected chi connectivity index (χ1v) is 6.50. The van der Waals surface area contributed by atoms with Gasteiger partial charge in [-0.3, -0.25) is 9.78 Å². The molecular weight excluding hydrogens is 308 g/mol. The zero-order valence-corrected chi connectivity index (χ0v) is 12.0. The number of halogens is 1. The van der Waals surface area contributed by atoms with Crippen LogP contribution < -0.4 is 10.1 Å². The Balaban J connectivity index is 2.04. The highest BCUT2D eigenvalue weighted by Crippen LogP contribution is 2.17. The molecule has 0 aliphatic carbocycles. The lowest BCUT2D eigenvalue weighted by molar-refractivity contribution is 0.0950. The van der Waals surface area contributed by atoms with Crippen LogP contribution >= 0.6 is 15.9 Å². The lowest BCUT2D eigenvalue weighted by Crippen LogP contribution is -2.23. The Bertz CT molecular complexity index is 587. The van der Waals surface area contributed by atoms with Crippen molar-refractivity contribution in [3.63, 3.8) is 0 Å². The van der Waals surface area contributed by atoms with E-state index in [1.54, 1.807) is 19.4 Å². The van der Waals surface area contributed by atoms with Crippen LogP contribution in [0, 0.1) is 0 Å². The minimum atomic E-state index is -0.167. The molecular formula is C14H13BrN2O2. The predicted octanol–water partition coefficient (Wildman–Crippen LogP) is 2.78. The molecule has 0 aliphatic heterocycles. The van der Waals surface area contributed by atoms with Gasteiger partial charge in [0.1, 0.15) is 5.75 Å². The second-order valence-corrected chi connectivity index (χ2v) is 4.80. The van der Waals surface area contributed by atoms with Gasteiger partial charge in [-0.25, -0.2) is 0 Å². The van der Waals surface area contributed by atoms with Gasteiger partial charge in [0, 0.05) is 29.0 Å². The first-order chi connectivity index (χ1) is 9.20. The van der Waals surface area contributed by atoms with Crippen molar-refractivity contribution < 1.29 is 9.53 Å². The Labute approximate surface area is 119 Å². The maximum absolute atomic E-state index is 12.0. The Hall–Kier alpha value is -1.88. The van der Waals surface area contributed by atoms with Gasteiger partial charge < -0.3 is 10.1 Å². The van der Waals surface area contributed by atoms with Crippen molar-refractivity contribution in [2.75, 3.05) is 7.11 Å². The summed E-state index contributed by atoms with van der Waals surface area (Å²) >= 11 is 3.29. The molecule has 1 amide bonds. The lowest BCUT2D eigenvalue weighted by Gasteiger charge is -2.09. The van der Waals surface area contributed by atoms with Crippen LogP contribution in [0.15, 0.2) is 47.2 Å². The van der Waals surface area contributed by atoms with E-state index in [0.717, 1.165) is 15.8 Å². The highest BCUT2D eigenvalue weighted by Gasteiger charge is 2.08. The normalized spacial score (nSPS) is 10.0. The van der Waals surface area contributed by atoms with Gasteiger partial charge in [0.25, 0.3) is 5.91 Å². The number of carbonyl (C=O) groups excluding carboxylic acids is 1. The molecule has 19 heavy (non-hydrogen) atoms. The van der Waals surface area contributed by atoms with Crippen molar-refractivity contribution in [2.24, 2.45) is 0 Å². The van der Waals surface area contributed by atoms with E-state index < -0.39 is 0 Å². The van der Waals surface area contributed by atoms with E-state index in [4.69, 9.17) is 4.74 Å². The summed E-state index contributed by atoms with van der Waals surface area (Å²) in [5.41, 5.74) is 1.45. The Kier molecular flexibility index (Phi) is 4.52. The third kappa shape index (κ3) is 3.54. The molecule has 0 spiro atoms. The number of para-hydroxylation sites is 1. The van der Waals surface area contributed by atoms with Gasteiger partial charge in [-0.1, -0.05) is 18.2 Å². The molecule has 98 valence electrons. The molecule has 0 radical (unpaired) electrons. The highest BCUT2D eigenvalue weighted by atomic mass is 79.9. The van der Waals surface area contributed by atoms with Crippen LogP contribution in [0.2, 0.25) is 0 Å². The average molecular weight is 321 g/mol. The number of nitrogens with one attached hydrogen (secondary N) is 1. The molecule has 2 rings (SSSR count).